The van der Waals surface area contributed by atoms with Crippen molar-refractivity contribution in [2.24, 2.45) is 9.49 Å². The Kier molecular flexibility index (Phi) is 9.65. The lowest BCUT2D eigenvalue weighted by atomic mass is 10.1. The molecule has 6 aromatic rings. The third-order valence-corrected chi connectivity index (χ3v) is 17.9. The molecule has 6 aromatic carbocycles. The van der Waals surface area contributed by atoms with E-state index in [4.69, 9.17) is 9.49 Å². The van der Waals surface area contributed by atoms with Crippen LogP contribution in [0, 0.1) is 41.5 Å². The van der Waals surface area contributed by atoms with Gasteiger partial charge in [0.1, 0.15) is 0 Å². The molecular formula is C43H44N2P2. The molecule has 47 heavy (non-hydrogen) atoms. The molecule has 0 aromatic heterocycles. The Morgan fingerprint density at radius 1 is 0.362 bits per heavy atom. The smallest absolute Gasteiger partial charge is 0.0679 e. The van der Waals surface area contributed by atoms with Gasteiger partial charge in [0.05, 0.1) is 11.4 Å². The van der Waals surface area contributed by atoms with Crippen LogP contribution in [0.4, 0.5) is 11.4 Å². The van der Waals surface area contributed by atoms with Gasteiger partial charge in [0.15, 0.2) is 0 Å². The van der Waals surface area contributed by atoms with Gasteiger partial charge in [0.25, 0.3) is 0 Å². The molecule has 0 atom stereocenters. The highest BCUT2D eigenvalue weighted by Gasteiger charge is 2.37. The minimum atomic E-state index is -2.54. The van der Waals surface area contributed by atoms with E-state index < -0.39 is 14.1 Å². The van der Waals surface area contributed by atoms with Gasteiger partial charge < -0.3 is 0 Å². The van der Waals surface area contributed by atoms with Crippen molar-refractivity contribution in [3.63, 3.8) is 0 Å². The molecule has 0 amide bonds. The Morgan fingerprint density at radius 2 is 0.596 bits per heavy atom. The van der Waals surface area contributed by atoms with E-state index >= 15 is 0 Å². The second-order valence-electron chi connectivity index (χ2n) is 12.7. The summed E-state index contributed by atoms with van der Waals surface area (Å²) >= 11 is 0. The van der Waals surface area contributed by atoms with Crippen LogP contribution in [0.5, 0.6) is 0 Å². The van der Waals surface area contributed by atoms with Gasteiger partial charge in [-0.05, 0) is 85.0 Å². The first-order valence-corrected chi connectivity index (χ1v) is 20.2. The van der Waals surface area contributed by atoms with E-state index in [1.165, 1.54) is 54.6 Å². The highest BCUT2D eigenvalue weighted by molar-refractivity contribution is 7.96. The minimum Gasteiger partial charge on any atom is -0.257 e. The van der Waals surface area contributed by atoms with Crippen LogP contribution in [-0.2, 0) is 0 Å². The Labute approximate surface area is 281 Å². The predicted molar refractivity (Wildman–Crippen MR) is 208 cm³/mol. The van der Waals surface area contributed by atoms with Crippen molar-refractivity contribution >= 4 is 46.7 Å². The van der Waals surface area contributed by atoms with E-state index in [-0.39, 0.29) is 0 Å². The van der Waals surface area contributed by atoms with Gasteiger partial charge in [-0.2, -0.15) is 0 Å². The Hall–Kier alpha value is -4.22. The Balaban J connectivity index is 1.84. The van der Waals surface area contributed by atoms with Gasteiger partial charge in [0.2, 0.25) is 0 Å². The standard InChI is InChI=1S/C43H44N2P2/c1-32-27-34(3)42(35(4)28-32)44-46(38-19-11-7-12-20-38,39-21-13-8-14-22-39)31-47(40-23-15-9-16-24-40,41-25-17-10-18-26-41)45-43-36(5)29-33(2)30-37(43)6/h7-30H,31H2,1-6H3. The molecule has 0 unspecified atom stereocenters. The highest BCUT2D eigenvalue weighted by Crippen LogP contribution is 2.65. The van der Waals surface area contributed by atoms with E-state index in [9.17, 15) is 0 Å². The summed E-state index contributed by atoms with van der Waals surface area (Å²) in [6, 6.07) is 53.4. The Morgan fingerprint density at radius 3 is 0.830 bits per heavy atom. The fourth-order valence-corrected chi connectivity index (χ4v) is 17.4. The summed E-state index contributed by atoms with van der Waals surface area (Å²) in [4.78, 5) is 0. The van der Waals surface area contributed by atoms with Crippen LogP contribution < -0.4 is 21.2 Å². The lowest BCUT2D eigenvalue weighted by Gasteiger charge is -2.35. The number of nitrogens with zero attached hydrogens (tertiary/aromatic N) is 2. The van der Waals surface area contributed by atoms with Crippen LogP contribution in [0.25, 0.3) is 0 Å². The van der Waals surface area contributed by atoms with Crippen molar-refractivity contribution in [1.29, 1.82) is 0 Å². The summed E-state index contributed by atoms with van der Waals surface area (Å²) in [6.45, 7) is 13.2. The second-order valence-corrected chi connectivity index (χ2v) is 19.4. The van der Waals surface area contributed by atoms with Crippen molar-refractivity contribution in [2.75, 3.05) is 5.90 Å². The molecule has 4 heteroatoms. The summed E-state index contributed by atoms with van der Waals surface area (Å²) < 4.78 is 12.2. The quantitative estimate of drug-likeness (QED) is 0.147. The molecule has 236 valence electrons. The van der Waals surface area contributed by atoms with Crippen LogP contribution in [0.15, 0.2) is 155 Å². The van der Waals surface area contributed by atoms with Crippen LogP contribution >= 0.6 is 14.1 Å². The fourth-order valence-electron chi connectivity index (χ4n) is 6.92. The van der Waals surface area contributed by atoms with Crippen LogP contribution in [-0.4, -0.2) is 5.90 Å². The average molecular weight is 651 g/mol. The van der Waals surface area contributed by atoms with Crippen molar-refractivity contribution < 1.29 is 0 Å². The van der Waals surface area contributed by atoms with E-state index in [2.05, 4.69) is 187 Å². The van der Waals surface area contributed by atoms with E-state index in [1.807, 2.05) is 0 Å². The first-order chi connectivity index (χ1) is 22.7. The maximum absolute atomic E-state index is 6.09. The number of benzene rings is 6. The maximum Gasteiger partial charge on any atom is 0.0679 e. The average Bonchev–Trinajstić information content (AvgIpc) is 3.08. The molecule has 0 N–H and O–H groups in total. The zero-order valence-corrected chi connectivity index (χ0v) is 30.1. The molecule has 6 rings (SSSR count). The van der Waals surface area contributed by atoms with Gasteiger partial charge in [0, 0.05) is 20.0 Å². The van der Waals surface area contributed by atoms with Crippen molar-refractivity contribution in [2.45, 2.75) is 41.5 Å². The van der Waals surface area contributed by atoms with Gasteiger partial charge in [-0.3, -0.25) is 9.49 Å². The lowest BCUT2D eigenvalue weighted by Crippen LogP contribution is -2.25. The van der Waals surface area contributed by atoms with E-state index in [0.717, 1.165) is 17.3 Å². The third-order valence-electron chi connectivity index (χ3n) is 8.95. The van der Waals surface area contributed by atoms with E-state index in [1.54, 1.807) is 0 Å². The number of hydrogen-bond acceptors (Lipinski definition) is 2. The molecule has 0 saturated carbocycles. The first-order valence-electron chi connectivity index (χ1n) is 16.3. The maximum atomic E-state index is 6.09. The fraction of sp³-hybridized carbons (Fsp3) is 0.163. The summed E-state index contributed by atoms with van der Waals surface area (Å²) in [5.41, 5.74) is 9.57. The molecule has 0 fully saturated rings. The topological polar surface area (TPSA) is 24.7 Å². The summed E-state index contributed by atoms with van der Waals surface area (Å²) in [5, 5.41) is 5.09. The largest absolute Gasteiger partial charge is 0.257 e. The summed E-state index contributed by atoms with van der Waals surface area (Å²) in [7, 11) is -5.08. The second kappa shape index (κ2) is 13.9. The van der Waals surface area contributed by atoms with Gasteiger partial charge in [-0.1, -0.05) is 157 Å². The molecule has 0 aliphatic heterocycles. The van der Waals surface area contributed by atoms with E-state index in [0.29, 0.717) is 0 Å². The molecule has 0 aliphatic carbocycles. The molecule has 2 nitrogen and oxygen atoms in total. The van der Waals surface area contributed by atoms with Crippen LogP contribution in [0.1, 0.15) is 33.4 Å². The van der Waals surface area contributed by atoms with Crippen LogP contribution in [0.3, 0.4) is 0 Å². The lowest BCUT2D eigenvalue weighted by molar-refractivity contribution is 1.29. The molecule has 0 bridgehead atoms. The zero-order valence-electron chi connectivity index (χ0n) is 28.4. The Bertz CT molecular complexity index is 1830. The van der Waals surface area contributed by atoms with Crippen molar-refractivity contribution in [1.82, 2.24) is 0 Å². The third kappa shape index (κ3) is 6.64. The van der Waals surface area contributed by atoms with Gasteiger partial charge >= 0.3 is 0 Å². The van der Waals surface area contributed by atoms with Gasteiger partial charge in [-0.25, -0.2) is 0 Å². The van der Waals surface area contributed by atoms with Crippen LogP contribution in [0.2, 0.25) is 0 Å². The molecule has 0 spiro atoms. The minimum absolute atomic E-state index is 0.793. The normalized spacial score (nSPS) is 11.7. The molecular weight excluding hydrogens is 606 g/mol. The summed E-state index contributed by atoms with van der Waals surface area (Å²) in [6.07, 6.45) is 0. The van der Waals surface area contributed by atoms with Gasteiger partial charge in [-0.15, -0.1) is 0 Å². The molecule has 0 heterocycles. The molecule has 0 saturated heterocycles. The number of hydrogen-bond donors (Lipinski definition) is 0. The highest BCUT2D eigenvalue weighted by atomic mass is 31.2. The zero-order chi connectivity index (χ0) is 33.0. The summed E-state index contributed by atoms with van der Waals surface area (Å²) in [5.74, 6) is 0.793. The molecule has 0 aliphatic rings. The molecule has 0 radical (unpaired) electrons. The monoisotopic (exact) mass is 650 g/mol. The van der Waals surface area contributed by atoms with Crippen molar-refractivity contribution in [3.05, 3.63) is 179 Å². The first kappa shape index (κ1) is 32.7. The SMILES string of the molecule is Cc1cc(C)c(N=P(CP(=Nc2c(C)cc(C)cc2C)(c2ccccc2)c2ccccc2)(c2ccccc2)c2ccccc2)c(C)c1. The predicted octanol–water partition coefficient (Wildman–Crippen LogP) is 11.2. The van der Waals surface area contributed by atoms with Crippen molar-refractivity contribution in [3.8, 4) is 0 Å². The number of rotatable bonds is 8. The number of aryl methyl sites for hydroxylation is 6.